The molecule has 3 rings (SSSR count). The molecule has 0 saturated carbocycles. The van der Waals surface area contributed by atoms with E-state index in [9.17, 15) is 4.39 Å². The van der Waals surface area contributed by atoms with Crippen LogP contribution in [-0.2, 0) is 6.61 Å². The van der Waals surface area contributed by atoms with Crippen LogP contribution in [0.3, 0.4) is 0 Å². The number of benzene rings is 2. The van der Waals surface area contributed by atoms with Gasteiger partial charge in [-0.2, -0.15) is 0 Å². The molecule has 0 radical (unpaired) electrons. The van der Waals surface area contributed by atoms with E-state index in [0.29, 0.717) is 6.61 Å². The molecular formula is C17H19FN2O2. The largest absolute Gasteiger partial charge is 0.489 e. The highest BCUT2D eigenvalue weighted by Crippen LogP contribution is 2.19. The van der Waals surface area contributed by atoms with Crippen LogP contribution >= 0.6 is 0 Å². The van der Waals surface area contributed by atoms with Crippen molar-refractivity contribution in [2.45, 2.75) is 6.61 Å². The number of halogens is 1. The van der Waals surface area contributed by atoms with E-state index in [1.165, 1.54) is 12.1 Å². The third kappa shape index (κ3) is 4.19. The minimum absolute atomic E-state index is 0.249. The highest BCUT2D eigenvalue weighted by atomic mass is 19.1. The molecule has 0 amide bonds. The molecule has 0 atom stereocenters. The first-order valence-corrected chi connectivity index (χ1v) is 7.40. The Labute approximate surface area is 129 Å². The van der Waals surface area contributed by atoms with Crippen molar-refractivity contribution in [1.82, 2.24) is 10.4 Å². The van der Waals surface area contributed by atoms with Crippen LogP contribution in [0.2, 0.25) is 0 Å². The summed E-state index contributed by atoms with van der Waals surface area (Å²) in [4.78, 5) is 5.78. The summed E-state index contributed by atoms with van der Waals surface area (Å²) in [6, 6.07) is 13.9. The molecule has 2 aromatic rings. The topological polar surface area (TPSA) is 33.7 Å². The first kappa shape index (κ1) is 14.8. The molecule has 1 fully saturated rings. The number of hydrogen-bond acceptors (Lipinski definition) is 4. The Hall–Kier alpha value is -2.11. The van der Waals surface area contributed by atoms with Crippen LogP contribution in [0.5, 0.6) is 11.5 Å². The Morgan fingerprint density at radius 2 is 1.73 bits per heavy atom. The summed E-state index contributed by atoms with van der Waals surface area (Å²) in [5.41, 5.74) is 0.807. The van der Waals surface area contributed by atoms with Gasteiger partial charge in [0, 0.05) is 26.2 Å². The lowest BCUT2D eigenvalue weighted by Gasteiger charge is -2.26. The minimum Gasteiger partial charge on any atom is -0.489 e. The van der Waals surface area contributed by atoms with Crippen LogP contribution in [0.4, 0.5) is 4.39 Å². The van der Waals surface area contributed by atoms with Gasteiger partial charge in [-0.25, -0.2) is 4.39 Å². The van der Waals surface area contributed by atoms with Crippen LogP contribution in [0.15, 0.2) is 48.5 Å². The van der Waals surface area contributed by atoms with E-state index in [0.717, 1.165) is 43.2 Å². The lowest BCUT2D eigenvalue weighted by atomic mass is 10.2. The molecule has 0 aliphatic carbocycles. The number of ether oxygens (including phenoxy) is 1. The maximum absolute atomic E-state index is 13.1. The van der Waals surface area contributed by atoms with Crippen LogP contribution in [0, 0.1) is 5.82 Å². The minimum atomic E-state index is -0.249. The highest BCUT2D eigenvalue weighted by molar-refractivity contribution is 5.31. The van der Waals surface area contributed by atoms with Gasteiger partial charge in [0.2, 0.25) is 0 Å². The van der Waals surface area contributed by atoms with Gasteiger partial charge < -0.3 is 14.9 Å². The van der Waals surface area contributed by atoms with E-state index < -0.39 is 0 Å². The monoisotopic (exact) mass is 302 g/mol. The fraction of sp³-hybridized carbons (Fsp3) is 0.294. The van der Waals surface area contributed by atoms with E-state index >= 15 is 0 Å². The molecule has 1 aliphatic rings. The molecule has 116 valence electrons. The van der Waals surface area contributed by atoms with Gasteiger partial charge >= 0.3 is 0 Å². The summed E-state index contributed by atoms with van der Waals surface area (Å²) < 4.78 is 18.7. The van der Waals surface area contributed by atoms with Crippen molar-refractivity contribution in [3.8, 4) is 11.5 Å². The van der Waals surface area contributed by atoms with Gasteiger partial charge in [0.25, 0.3) is 0 Å². The maximum atomic E-state index is 13.1. The van der Waals surface area contributed by atoms with Gasteiger partial charge in [-0.15, -0.1) is 5.06 Å². The zero-order valence-electron chi connectivity index (χ0n) is 12.3. The van der Waals surface area contributed by atoms with Gasteiger partial charge in [-0.05, 0) is 42.0 Å². The molecule has 4 nitrogen and oxygen atoms in total. The Morgan fingerprint density at radius 1 is 1.00 bits per heavy atom. The van der Waals surface area contributed by atoms with Gasteiger partial charge in [0.1, 0.15) is 23.9 Å². The Morgan fingerprint density at radius 3 is 2.45 bits per heavy atom. The average Bonchev–Trinajstić information content (AvgIpc) is 2.55. The molecule has 0 spiro atoms. The second kappa shape index (κ2) is 7.24. The van der Waals surface area contributed by atoms with Crippen LogP contribution in [0.1, 0.15) is 5.56 Å². The lowest BCUT2D eigenvalue weighted by molar-refractivity contribution is -0.0664. The molecule has 0 aromatic heterocycles. The van der Waals surface area contributed by atoms with Crippen molar-refractivity contribution in [1.29, 1.82) is 0 Å². The quantitative estimate of drug-likeness (QED) is 0.920. The predicted octanol–water partition coefficient (Wildman–Crippen LogP) is 2.60. The molecule has 0 unspecified atom stereocenters. The zero-order chi connectivity index (χ0) is 15.2. The number of nitrogens with one attached hydrogen (secondary N) is 1. The number of hydroxylamine groups is 2. The average molecular weight is 302 g/mol. The summed E-state index contributed by atoms with van der Waals surface area (Å²) in [6.07, 6.45) is 0. The van der Waals surface area contributed by atoms with E-state index in [2.05, 4.69) is 5.32 Å². The van der Waals surface area contributed by atoms with Gasteiger partial charge in [-0.1, -0.05) is 12.1 Å². The van der Waals surface area contributed by atoms with Crippen LogP contribution in [-0.4, -0.2) is 31.2 Å². The first-order valence-electron chi connectivity index (χ1n) is 7.40. The summed E-state index contributed by atoms with van der Waals surface area (Å²) >= 11 is 0. The van der Waals surface area contributed by atoms with Gasteiger partial charge in [0.15, 0.2) is 0 Å². The predicted molar refractivity (Wildman–Crippen MR) is 82.2 cm³/mol. The van der Waals surface area contributed by atoms with Crippen molar-refractivity contribution >= 4 is 0 Å². The van der Waals surface area contributed by atoms with Crippen LogP contribution in [0.25, 0.3) is 0 Å². The standard InChI is InChI=1S/C17H19FN2O2/c18-15-3-1-2-14(12-15)13-21-16-4-6-17(7-5-16)22-20-10-8-19-9-11-20/h1-7,12,19H,8-11,13H2. The lowest BCUT2D eigenvalue weighted by Crippen LogP contribution is -2.45. The number of rotatable bonds is 5. The smallest absolute Gasteiger partial charge is 0.147 e. The maximum Gasteiger partial charge on any atom is 0.147 e. The van der Waals surface area contributed by atoms with Gasteiger partial charge in [-0.3, -0.25) is 0 Å². The van der Waals surface area contributed by atoms with Crippen LogP contribution < -0.4 is 14.9 Å². The second-order valence-corrected chi connectivity index (χ2v) is 5.16. The van der Waals surface area contributed by atoms with E-state index in [-0.39, 0.29) is 5.82 Å². The Bertz CT molecular complexity index is 598. The molecule has 1 saturated heterocycles. The molecule has 1 aliphatic heterocycles. The molecule has 5 heteroatoms. The number of piperazine rings is 1. The van der Waals surface area contributed by atoms with E-state index in [1.54, 1.807) is 6.07 Å². The fourth-order valence-corrected chi connectivity index (χ4v) is 2.27. The number of hydrogen-bond donors (Lipinski definition) is 1. The zero-order valence-corrected chi connectivity index (χ0v) is 12.3. The molecular weight excluding hydrogens is 283 g/mol. The molecule has 0 bridgehead atoms. The Kier molecular flexibility index (Phi) is 4.88. The van der Waals surface area contributed by atoms with Gasteiger partial charge in [0.05, 0.1) is 0 Å². The third-order valence-electron chi connectivity index (χ3n) is 3.43. The first-order chi connectivity index (χ1) is 10.8. The normalized spacial score (nSPS) is 15.5. The van der Waals surface area contributed by atoms with E-state index in [1.807, 2.05) is 35.4 Å². The summed E-state index contributed by atoms with van der Waals surface area (Å²) in [5, 5.41) is 5.22. The molecule has 1 N–H and O–H groups in total. The van der Waals surface area contributed by atoms with Crippen molar-refractivity contribution in [3.63, 3.8) is 0 Å². The second-order valence-electron chi connectivity index (χ2n) is 5.16. The van der Waals surface area contributed by atoms with Crippen molar-refractivity contribution in [3.05, 3.63) is 59.9 Å². The molecule has 2 aromatic carbocycles. The van der Waals surface area contributed by atoms with Crippen molar-refractivity contribution in [2.24, 2.45) is 0 Å². The summed E-state index contributed by atoms with van der Waals surface area (Å²) in [5.74, 6) is 1.28. The van der Waals surface area contributed by atoms with E-state index in [4.69, 9.17) is 9.57 Å². The Balaban J connectivity index is 1.52. The fourth-order valence-electron chi connectivity index (χ4n) is 2.27. The number of nitrogens with zero attached hydrogens (tertiary/aromatic N) is 1. The van der Waals surface area contributed by atoms with Crippen molar-refractivity contribution in [2.75, 3.05) is 26.2 Å². The molecule has 22 heavy (non-hydrogen) atoms. The third-order valence-corrected chi connectivity index (χ3v) is 3.43. The SMILES string of the molecule is Fc1cccc(COc2ccc(ON3CCNCC3)cc2)c1. The summed E-state index contributed by atoms with van der Waals surface area (Å²) in [6.45, 7) is 3.97. The molecule has 1 heterocycles. The van der Waals surface area contributed by atoms with Crippen molar-refractivity contribution < 1.29 is 14.0 Å². The summed E-state index contributed by atoms with van der Waals surface area (Å²) in [7, 11) is 0. The highest BCUT2D eigenvalue weighted by Gasteiger charge is 2.10.